The van der Waals surface area contributed by atoms with Crippen molar-refractivity contribution in [3.63, 3.8) is 0 Å². The van der Waals surface area contributed by atoms with Gasteiger partial charge in [0.25, 0.3) is 5.69 Å². The average molecular weight is 405 g/mol. The van der Waals surface area contributed by atoms with Crippen LogP contribution in [0.1, 0.15) is 32.3 Å². The first-order valence-electron chi connectivity index (χ1n) is 9.15. The summed E-state index contributed by atoms with van der Waals surface area (Å²) in [6, 6.07) is 5.78. The van der Waals surface area contributed by atoms with Crippen LogP contribution in [-0.2, 0) is 23.8 Å². The van der Waals surface area contributed by atoms with Gasteiger partial charge in [-0.05, 0) is 20.8 Å². The van der Waals surface area contributed by atoms with Crippen LogP contribution in [-0.4, -0.2) is 42.6 Å². The van der Waals surface area contributed by atoms with Crippen LogP contribution < -0.4 is 5.73 Å². The number of benzene rings is 1. The Morgan fingerprint density at radius 1 is 1.14 bits per heavy atom. The molecule has 0 saturated heterocycles. The Morgan fingerprint density at radius 3 is 2.38 bits per heavy atom. The summed E-state index contributed by atoms with van der Waals surface area (Å²) in [7, 11) is 0. The zero-order valence-electron chi connectivity index (χ0n) is 16.4. The summed E-state index contributed by atoms with van der Waals surface area (Å²) in [5.74, 6) is -4.24. The molecule has 2 rings (SSSR count). The SMILES string of the molecule is CCOC(=O)C1=C(N)N=C(OCC)[C@H](C(=O)OCC)[C@@H]1c1ccccc1[N+](=O)[O-]. The number of aliphatic imine (C=N–C) groups is 1. The van der Waals surface area contributed by atoms with Crippen molar-refractivity contribution < 1.29 is 28.7 Å². The summed E-state index contributed by atoms with van der Waals surface area (Å²) in [4.78, 5) is 40.6. The molecule has 0 aliphatic carbocycles. The third kappa shape index (κ3) is 4.53. The molecule has 1 aliphatic heterocycles. The van der Waals surface area contributed by atoms with E-state index in [1.165, 1.54) is 18.2 Å². The van der Waals surface area contributed by atoms with E-state index in [0.29, 0.717) is 0 Å². The van der Waals surface area contributed by atoms with Gasteiger partial charge in [0.1, 0.15) is 11.7 Å². The molecule has 0 aromatic heterocycles. The fourth-order valence-electron chi connectivity index (χ4n) is 3.15. The van der Waals surface area contributed by atoms with E-state index in [4.69, 9.17) is 19.9 Å². The number of para-hydroxylation sites is 1. The molecule has 0 saturated carbocycles. The second-order valence-corrected chi connectivity index (χ2v) is 5.93. The van der Waals surface area contributed by atoms with E-state index in [9.17, 15) is 19.7 Å². The number of ether oxygens (including phenoxy) is 3. The summed E-state index contributed by atoms with van der Waals surface area (Å²) in [6.07, 6.45) is 0. The lowest BCUT2D eigenvalue weighted by atomic mass is 9.77. The summed E-state index contributed by atoms with van der Waals surface area (Å²) in [5, 5.41) is 11.6. The number of rotatable bonds is 7. The molecule has 156 valence electrons. The van der Waals surface area contributed by atoms with E-state index in [2.05, 4.69) is 4.99 Å². The number of nitrogens with zero attached hydrogens (tertiary/aromatic N) is 2. The predicted molar refractivity (Wildman–Crippen MR) is 103 cm³/mol. The van der Waals surface area contributed by atoms with Crippen molar-refractivity contribution in [2.24, 2.45) is 16.6 Å². The summed E-state index contributed by atoms with van der Waals surface area (Å²) >= 11 is 0. The minimum atomic E-state index is -1.23. The first kappa shape index (κ1) is 21.9. The van der Waals surface area contributed by atoms with Crippen molar-refractivity contribution in [1.29, 1.82) is 0 Å². The molecule has 0 bridgehead atoms. The van der Waals surface area contributed by atoms with Crippen LogP contribution in [0.5, 0.6) is 0 Å². The van der Waals surface area contributed by atoms with Crippen LogP contribution in [0, 0.1) is 16.0 Å². The Bertz CT molecular complexity index is 863. The van der Waals surface area contributed by atoms with Gasteiger partial charge in [-0.3, -0.25) is 14.9 Å². The third-order valence-corrected chi connectivity index (χ3v) is 4.21. The molecule has 2 N–H and O–H groups in total. The first-order valence-corrected chi connectivity index (χ1v) is 9.15. The van der Waals surface area contributed by atoms with E-state index in [0.717, 1.165) is 0 Å². The molecule has 0 fully saturated rings. The quantitative estimate of drug-likeness (QED) is 0.412. The number of carbonyl (C=O) groups excluding carboxylic acids is 2. The molecule has 0 unspecified atom stereocenters. The third-order valence-electron chi connectivity index (χ3n) is 4.21. The van der Waals surface area contributed by atoms with Gasteiger partial charge in [0.05, 0.1) is 30.3 Å². The van der Waals surface area contributed by atoms with E-state index in [1.54, 1.807) is 26.8 Å². The van der Waals surface area contributed by atoms with Crippen molar-refractivity contribution in [2.45, 2.75) is 26.7 Å². The highest BCUT2D eigenvalue weighted by molar-refractivity contribution is 6.05. The van der Waals surface area contributed by atoms with Crippen molar-refractivity contribution in [1.82, 2.24) is 0 Å². The molecule has 1 aromatic rings. The summed E-state index contributed by atoms with van der Waals surface area (Å²) in [6.45, 7) is 5.19. The van der Waals surface area contributed by atoms with E-state index < -0.39 is 28.7 Å². The molecule has 10 nitrogen and oxygen atoms in total. The average Bonchev–Trinajstić information content (AvgIpc) is 2.67. The zero-order valence-corrected chi connectivity index (χ0v) is 16.4. The minimum Gasteiger partial charge on any atom is -0.480 e. The van der Waals surface area contributed by atoms with Gasteiger partial charge < -0.3 is 19.9 Å². The topological polar surface area (TPSA) is 143 Å². The van der Waals surface area contributed by atoms with E-state index in [-0.39, 0.29) is 48.4 Å². The first-order chi connectivity index (χ1) is 13.9. The van der Waals surface area contributed by atoms with Crippen LogP contribution in [0.4, 0.5) is 5.69 Å². The maximum absolute atomic E-state index is 12.8. The predicted octanol–water partition coefficient (Wildman–Crippen LogP) is 2.04. The van der Waals surface area contributed by atoms with Crippen LogP contribution in [0.15, 0.2) is 40.7 Å². The molecule has 0 radical (unpaired) electrons. The fourth-order valence-corrected chi connectivity index (χ4v) is 3.15. The Balaban J connectivity index is 2.78. The lowest BCUT2D eigenvalue weighted by molar-refractivity contribution is -0.385. The molecule has 29 heavy (non-hydrogen) atoms. The second kappa shape index (κ2) is 9.67. The molecule has 0 spiro atoms. The number of nitrogens with two attached hydrogens (primary N) is 1. The molecule has 1 aromatic carbocycles. The molecule has 1 aliphatic rings. The second-order valence-electron chi connectivity index (χ2n) is 5.93. The maximum atomic E-state index is 12.8. The number of esters is 2. The van der Waals surface area contributed by atoms with Crippen molar-refractivity contribution in [3.8, 4) is 0 Å². The van der Waals surface area contributed by atoms with Crippen molar-refractivity contribution in [3.05, 3.63) is 51.3 Å². The largest absolute Gasteiger partial charge is 0.480 e. The normalized spacial score (nSPS) is 18.7. The highest BCUT2D eigenvalue weighted by Crippen LogP contribution is 2.42. The van der Waals surface area contributed by atoms with E-state index >= 15 is 0 Å². The summed E-state index contributed by atoms with van der Waals surface area (Å²) in [5.41, 5.74) is 5.69. The number of carbonyl (C=O) groups is 2. The number of nitro benzene ring substituents is 1. The zero-order chi connectivity index (χ0) is 21.6. The highest BCUT2D eigenvalue weighted by Gasteiger charge is 2.47. The molecule has 1 heterocycles. The van der Waals surface area contributed by atoms with Gasteiger partial charge in [0.2, 0.25) is 5.90 Å². The highest BCUT2D eigenvalue weighted by atomic mass is 16.6. The van der Waals surface area contributed by atoms with Crippen LogP contribution >= 0.6 is 0 Å². The number of hydrogen-bond acceptors (Lipinski definition) is 9. The van der Waals surface area contributed by atoms with Gasteiger partial charge in [-0.15, -0.1) is 0 Å². The molecular formula is C19H23N3O7. The van der Waals surface area contributed by atoms with Gasteiger partial charge in [-0.1, -0.05) is 18.2 Å². The maximum Gasteiger partial charge on any atom is 0.338 e. The van der Waals surface area contributed by atoms with Gasteiger partial charge in [0.15, 0.2) is 0 Å². The monoisotopic (exact) mass is 405 g/mol. The smallest absolute Gasteiger partial charge is 0.338 e. The van der Waals surface area contributed by atoms with Gasteiger partial charge in [-0.25, -0.2) is 4.79 Å². The van der Waals surface area contributed by atoms with Gasteiger partial charge >= 0.3 is 11.9 Å². The Morgan fingerprint density at radius 2 is 1.79 bits per heavy atom. The van der Waals surface area contributed by atoms with Crippen LogP contribution in [0.25, 0.3) is 0 Å². The van der Waals surface area contributed by atoms with Crippen LogP contribution in [0.3, 0.4) is 0 Å². The van der Waals surface area contributed by atoms with Gasteiger partial charge in [0, 0.05) is 17.5 Å². The molecule has 10 heteroatoms. The van der Waals surface area contributed by atoms with Crippen molar-refractivity contribution >= 4 is 23.5 Å². The lowest BCUT2D eigenvalue weighted by Crippen LogP contribution is -2.40. The standard InChI is InChI=1S/C19H23N3O7/c1-4-27-17-15(19(24)29-6-3)13(11-9-7-8-10-12(11)22(25)26)14(16(20)21-17)18(23)28-5-2/h7-10,13,15H,4-6,20H2,1-3H3/t13-,15-/m1/s1. The van der Waals surface area contributed by atoms with Crippen LogP contribution in [0.2, 0.25) is 0 Å². The fraction of sp³-hybridized carbons (Fsp3) is 0.421. The Hall–Kier alpha value is -3.43. The molecule has 2 atom stereocenters. The van der Waals surface area contributed by atoms with Crippen molar-refractivity contribution in [2.75, 3.05) is 19.8 Å². The molecular weight excluding hydrogens is 382 g/mol. The summed E-state index contributed by atoms with van der Waals surface area (Å²) < 4.78 is 15.7. The lowest BCUT2D eigenvalue weighted by Gasteiger charge is -2.31. The van der Waals surface area contributed by atoms with Gasteiger partial charge in [-0.2, -0.15) is 4.99 Å². The number of nitro groups is 1. The minimum absolute atomic E-state index is 0.0469. The van der Waals surface area contributed by atoms with E-state index in [1.807, 2.05) is 0 Å². The number of hydrogen-bond donors (Lipinski definition) is 1. The molecule has 0 amide bonds. The Labute approximate surface area is 167 Å². The Kier molecular flexibility index (Phi) is 7.29.